The molecule has 1 rings (SSSR count). The first-order valence-corrected chi connectivity index (χ1v) is 6.56. The zero-order valence-corrected chi connectivity index (χ0v) is 13.0. The molecular weight excluding hydrogens is 276 g/mol. The fourth-order valence-corrected chi connectivity index (χ4v) is 1.69. The number of aryl methyl sites for hydroxylation is 1. The quantitative estimate of drug-likeness (QED) is 0.823. The summed E-state index contributed by atoms with van der Waals surface area (Å²) in [6.07, 6.45) is -0.605. The number of carbonyl (C=O) groups is 2. The van der Waals surface area contributed by atoms with Crippen LogP contribution in [0.1, 0.15) is 48.7 Å². The highest BCUT2D eigenvalue weighted by Crippen LogP contribution is 2.21. The predicted octanol–water partition coefficient (Wildman–Crippen LogP) is 1.90. The van der Waals surface area contributed by atoms with Gasteiger partial charge in [0.2, 0.25) is 0 Å². The van der Waals surface area contributed by atoms with Crippen LogP contribution in [-0.4, -0.2) is 31.3 Å². The number of rotatable bonds is 4. The molecule has 1 atom stereocenters. The highest BCUT2D eigenvalue weighted by molar-refractivity contribution is 5.90. The first-order valence-electron chi connectivity index (χ1n) is 6.56. The smallest absolute Gasteiger partial charge is 0.408 e. The lowest BCUT2D eigenvalue weighted by molar-refractivity contribution is 0.0498. The predicted molar refractivity (Wildman–Crippen MR) is 75.9 cm³/mol. The lowest BCUT2D eigenvalue weighted by Gasteiger charge is -2.22. The molecule has 118 valence electrons. The Morgan fingerprint density at radius 3 is 2.52 bits per heavy atom. The highest BCUT2D eigenvalue weighted by atomic mass is 16.6. The fourth-order valence-electron chi connectivity index (χ4n) is 1.69. The van der Waals surface area contributed by atoms with Crippen molar-refractivity contribution in [2.75, 3.05) is 13.7 Å². The van der Waals surface area contributed by atoms with Gasteiger partial charge in [-0.05, 0) is 33.8 Å². The van der Waals surface area contributed by atoms with Gasteiger partial charge in [-0.2, -0.15) is 0 Å². The lowest BCUT2D eigenvalue weighted by atomic mass is 10.2. The molecule has 1 amide bonds. The van der Waals surface area contributed by atoms with E-state index in [-0.39, 0.29) is 6.54 Å². The Kier molecular flexibility index (Phi) is 5.37. The van der Waals surface area contributed by atoms with E-state index in [0.29, 0.717) is 17.1 Å². The molecule has 0 aliphatic heterocycles. The van der Waals surface area contributed by atoms with Crippen LogP contribution < -0.4 is 11.1 Å². The summed E-state index contributed by atoms with van der Waals surface area (Å²) in [4.78, 5) is 23.3. The molecule has 1 unspecified atom stereocenters. The van der Waals surface area contributed by atoms with Gasteiger partial charge < -0.3 is 24.9 Å². The topological polar surface area (TPSA) is 104 Å². The molecule has 7 nitrogen and oxygen atoms in total. The van der Waals surface area contributed by atoms with Crippen LogP contribution in [-0.2, 0) is 9.47 Å². The van der Waals surface area contributed by atoms with Crippen molar-refractivity contribution in [1.29, 1.82) is 0 Å². The molecule has 0 aliphatic carbocycles. The number of hydrogen-bond donors (Lipinski definition) is 2. The third kappa shape index (κ3) is 4.78. The highest BCUT2D eigenvalue weighted by Gasteiger charge is 2.24. The van der Waals surface area contributed by atoms with E-state index in [9.17, 15) is 9.59 Å². The molecule has 1 aromatic heterocycles. The number of ether oxygens (including phenoxy) is 2. The Hall–Kier alpha value is -2.02. The van der Waals surface area contributed by atoms with Crippen molar-refractivity contribution >= 4 is 12.1 Å². The molecule has 0 aliphatic rings. The minimum absolute atomic E-state index is 0.104. The largest absolute Gasteiger partial charge is 0.465 e. The molecule has 1 aromatic rings. The van der Waals surface area contributed by atoms with Crippen LogP contribution in [0.2, 0.25) is 0 Å². The maximum Gasteiger partial charge on any atom is 0.408 e. The average molecular weight is 298 g/mol. The van der Waals surface area contributed by atoms with Crippen molar-refractivity contribution in [1.82, 2.24) is 5.32 Å². The van der Waals surface area contributed by atoms with Gasteiger partial charge in [0.25, 0.3) is 0 Å². The van der Waals surface area contributed by atoms with Crippen molar-refractivity contribution in [3.63, 3.8) is 0 Å². The van der Waals surface area contributed by atoms with Crippen LogP contribution in [0.25, 0.3) is 0 Å². The third-order valence-corrected chi connectivity index (χ3v) is 2.61. The SMILES string of the molecule is COC(=O)c1cc(C(CN)NC(=O)OC(C)(C)C)oc1C. The molecule has 0 radical (unpaired) electrons. The third-order valence-electron chi connectivity index (χ3n) is 2.61. The molecule has 7 heteroatoms. The van der Waals surface area contributed by atoms with Crippen LogP contribution in [0.4, 0.5) is 4.79 Å². The van der Waals surface area contributed by atoms with Crippen molar-refractivity contribution in [3.05, 3.63) is 23.2 Å². The zero-order chi connectivity index (χ0) is 16.2. The molecule has 0 aromatic carbocycles. The Bertz CT molecular complexity index is 516. The van der Waals surface area contributed by atoms with Gasteiger partial charge in [-0.15, -0.1) is 0 Å². The van der Waals surface area contributed by atoms with E-state index < -0.39 is 23.7 Å². The number of esters is 1. The normalized spacial score (nSPS) is 12.7. The number of amides is 1. The van der Waals surface area contributed by atoms with Gasteiger partial charge in [-0.25, -0.2) is 9.59 Å². The summed E-state index contributed by atoms with van der Waals surface area (Å²) in [6.45, 7) is 7.02. The number of nitrogens with two attached hydrogens (primary N) is 1. The number of methoxy groups -OCH3 is 1. The molecule has 0 spiro atoms. The van der Waals surface area contributed by atoms with E-state index in [0.717, 1.165) is 0 Å². The minimum Gasteiger partial charge on any atom is -0.465 e. The maximum absolute atomic E-state index is 11.8. The van der Waals surface area contributed by atoms with E-state index in [2.05, 4.69) is 10.1 Å². The molecule has 0 saturated carbocycles. The van der Waals surface area contributed by atoms with Gasteiger partial charge in [0.15, 0.2) is 0 Å². The van der Waals surface area contributed by atoms with Crippen molar-refractivity contribution < 1.29 is 23.5 Å². The van der Waals surface area contributed by atoms with Crippen LogP contribution in [0.3, 0.4) is 0 Å². The second kappa shape index (κ2) is 6.62. The average Bonchev–Trinajstić information content (AvgIpc) is 2.75. The van der Waals surface area contributed by atoms with Crippen LogP contribution >= 0.6 is 0 Å². The molecule has 1 heterocycles. The summed E-state index contributed by atoms with van der Waals surface area (Å²) in [7, 11) is 1.29. The van der Waals surface area contributed by atoms with E-state index in [1.165, 1.54) is 13.2 Å². The Morgan fingerprint density at radius 1 is 1.43 bits per heavy atom. The van der Waals surface area contributed by atoms with Gasteiger partial charge in [0.1, 0.15) is 28.7 Å². The van der Waals surface area contributed by atoms with E-state index in [4.69, 9.17) is 14.9 Å². The molecule has 0 fully saturated rings. The first kappa shape index (κ1) is 17.0. The molecule has 21 heavy (non-hydrogen) atoms. The van der Waals surface area contributed by atoms with E-state index in [1.807, 2.05) is 0 Å². The number of hydrogen-bond acceptors (Lipinski definition) is 6. The first-order chi connectivity index (χ1) is 9.67. The number of nitrogens with one attached hydrogen (secondary N) is 1. The molecule has 0 saturated heterocycles. The zero-order valence-electron chi connectivity index (χ0n) is 13.0. The summed E-state index contributed by atoms with van der Waals surface area (Å²) < 4.78 is 15.3. The van der Waals surface area contributed by atoms with Crippen molar-refractivity contribution in [2.24, 2.45) is 5.73 Å². The summed E-state index contributed by atoms with van der Waals surface area (Å²) in [6, 6.07) is 0.924. The second-order valence-corrected chi connectivity index (χ2v) is 5.54. The Balaban J connectivity index is 2.86. The van der Waals surface area contributed by atoms with Gasteiger partial charge in [0, 0.05) is 6.54 Å². The standard InChI is InChI=1S/C14H22N2O5/c1-8-9(12(17)19-5)6-11(20-8)10(7-15)16-13(18)21-14(2,3)4/h6,10H,7,15H2,1-5H3,(H,16,18). The van der Waals surface area contributed by atoms with E-state index in [1.54, 1.807) is 27.7 Å². The summed E-state index contributed by atoms with van der Waals surface area (Å²) in [5, 5.41) is 2.60. The summed E-state index contributed by atoms with van der Waals surface area (Å²) in [5.74, 6) is 0.276. The van der Waals surface area contributed by atoms with Crippen LogP contribution in [0.15, 0.2) is 10.5 Å². The van der Waals surface area contributed by atoms with Gasteiger partial charge in [-0.3, -0.25) is 0 Å². The van der Waals surface area contributed by atoms with Crippen LogP contribution in [0.5, 0.6) is 0 Å². The van der Waals surface area contributed by atoms with E-state index >= 15 is 0 Å². The van der Waals surface area contributed by atoms with Crippen molar-refractivity contribution in [3.8, 4) is 0 Å². The summed E-state index contributed by atoms with van der Waals surface area (Å²) in [5.41, 5.74) is 5.33. The lowest BCUT2D eigenvalue weighted by Crippen LogP contribution is -2.37. The van der Waals surface area contributed by atoms with Gasteiger partial charge in [0.05, 0.1) is 7.11 Å². The Morgan fingerprint density at radius 2 is 2.05 bits per heavy atom. The number of alkyl carbamates (subject to hydrolysis) is 1. The number of furan rings is 1. The number of carbonyl (C=O) groups excluding carboxylic acids is 2. The minimum atomic E-state index is -0.612. The van der Waals surface area contributed by atoms with Gasteiger partial charge >= 0.3 is 12.1 Å². The fraction of sp³-hybridized carbons (Fsp3) is 0.571. The molecule has 0 bridgehead atoms. The van der Waals surface area contributed by atoms with Gasteiger partial charge in [-0.1, -0.05) is 0 Å². The Labute approximate surface area is 123 Å². The van der Waals surface area contributed by atoms with Crippen molar-refractivity contribution in [2.45, 2.75) is 39.3 Å². The maximum atomic E-state index is 11.8. The summed E-state index contributed by atoms with van der Waals surface area (Å²) >= 11 is 0. The second-order valence-electron chi connectivity index (χ2n) is 5.54. The molecule has 3 N–H and O–H groups in total. The molecular formula is C14H22N2O5. The van der Waals surface area contributed by atoms with Crippen LogP contribution in [0, 0.1) is 6.92 Å². The monoisotopic (exact) mass is 298 g/mol.